The molecule has 5 heteroatoms. The Bertz CT molecular complexity index is 1110. The lowest BCUT2D eigenvalue weighted by Crippen LogP contribution is -2.51. The van der Waals surface area contributed by atoms with Gasteiger partial charge < -0.3 is 20.6 Å². The Hall–Kier alpha value is -3.15. The van der Waals surface area contributed by atoms with E-state index in [1.807, 2.05) is 66.7 Å². The molecule has 1 aliphatic rings. The number of carbonyl (C=O) groups is 1. The molecule has 5 nitrogen and oxygen atoms in total. The van der Waals surface area contributed by atoms with E-state index in [2.05, 4.69) is 48.6 Å². The molecule has 0 saturated heterocycles. The first-order valence-electron chi connectivity index (χ1n) is 12.5. The van der Waals surface area contributed by atoms with E-state index in [4.69, 9.17) is 0 Å². The number of aryl methyl sites for hydroxylation is 1. The summed E-state index contributed by atoms with van der Waals surface area (Å²) in [7, 11) is 2.09. The maximum absolute atomic E-state index is 13.3. The highest BCUT2D eigenvalue weighted by Crippen LogP contribution is 2.27. The first-order valence-corrected chi connectivity index (χ1v) is 12.5. The minimum absolute atomic E-state index is 0.150. The second kappa shape index (κ2) is 11.1. The lowest BCUT2D eigenvalue weighted by atomic mass is 9.93. The van der Waals surface area contributed by atoms with Gasteiger partial charge in [-0.15, -0.1) is 0 Å². The summed E-state index contributed by atoms with van der Waals surface area (Å²) in [5.41, 5.74) is 4.95. The lowest BCUT2D eigenvalue weighted by molar-refractivity contribution is 0.0813. The third kappa shape index (κ3) is 6.30. The number of nitrogens with zero attached hydrogens (tertiary/aromatic N) is 1. The van der Waals surface area contributed by atoms with E-state index in [9.17, 15) is 9.90 Å². The van der Waals surface area contributed by atoms with Crippen LogP contribution in [0.15, 0.2) is 78.9 Å². The van der Waals surface area contributed by atoms with Crippen LogP contribution in [0.5, 0.6) is 0 Å². The zero-order valence-corrected chi connectivity index (χ0v) is 21.0. The summed E-state index contributed by atoms with van der Waals surface area (Å²) in [5.74, 6) is -0.150. The van der Waals surface area contributed by atoms with E-state index in [0.717, 1.165) is 30.5 Å². The second-order valence-corrected chi connectivity index (χ2v) is 10.1. The predicted molar refractivity (Wildman–Crippen MR) is 143 cm³/mol. The standard InChI is InChI=1S/C30H37N3O2/c1-30(2,25-14-8-5-9-15-25)31-21-28(34)26(19-22-11-6-4-7-12-22)32-29(35)24-16-17-27-23(20-24)13-10-18-33(27)3/h4-9,11-12,14-17,20,26,28,31,34H,10,13,18-19,21H2,1-3H3,(H,32,35)/t26-,28+/m0/s1. The third-order valence-electron chi connectivity index (χ3n) is 7.02. The molecule has 0 saturated carbocycles. The minimum Gasteiger partial charge on any atom is -0.390 e. The molecule has 1 heterocycles. The zero-order chi connectivity index (χ0) is 24.8. The van der Waals surface area contributed by atoms with Gasteiger partial charge in [-0.05, 0) is 68.0 Å². The number of rotatable bonds is 9. The zero-order valence-electron chi connectivity index (χ0n) is 21.0. The highest BCUT2D eigenvalue weighted by molar-refractivity contribution is 5.95. The molecule has 0 fully saturated rings. The highest BCUT2D eigenvalue weighted by atomic mass is 16.3. The molecule has 0 aliphatic carbocycles. The number of fused-ring (bicyclic) bond motifs is 1. The number of benzene rings is 3. The molecule has 1 aliphatic heterocycles. The average Bonchev–Trinajstić information content (AvgIpc) is 2.88. The first-order chi connectivity index (χ1) is 16.8. The van der Waals surface area contributed by atoms with Gasteiger partial charge in [-0.3, -0.25) is 4.79 Å². The number of aliphatic hydroxyl groups excluding tert-OH is 1. The van der Waals surface area contributed by atoms with Crippen LogP contribution in [0.25, 0.3) is 0 Å². The van der Waals surface area contributed by atoms with Gasteiger partial charge in [0.1, 0.15) is 0 Å². The SMILES string of the molecule is CN1CCCc2cc(C(=O)N[C@@H](Cc3ccccc3)[C@H](O)CNC(C)(C)c3ccccc3)ccc21. The third-order valence-corrected chi connectivity index (χ3v) is 7.02. The van der Waals surface area contributed by atoms with Crippen LogP contribution in [0.3, 0.4) is 0 Å². The van der Waals surface area contributed by atoms with Crippen molar-refractivity contribution in [1.82, 2.24) is 10.6 Å². The van der Waals surface area contributed by atoms with Crippen LogP contribution in [-0.4, -0.2) is 43.3 Å². The molecule has 3 N–H and O–H groups in total. The van der Waals surface area contributed by atoms with Crippen LogP contribution in [0.2, 0.25) is 0 Å². The van der Waals surface area contributed by atoms with Gasteiger partial charge in [-0.25, -0.2) is 0 Å². The smallest absolute Gasteiger partial charge is 0.251 e. The number of amides is 1. The van der Waals surface area contributed by atoms with Crippen LogP contribution in [0.1, 0.15) is 47.3 Å². The van der Waals surface area contributed by atoms with E-state index in [0.29, 0.717) is 18.5 Å². The molecule has 0 aromatic heterocycles. The van der Waals surface area contributed by atoms with E-state index in [-0.39, 0.29) is 11.4 Å². The number of hydrogen-bond donors (Lipinski definition) is 3. The monoisotopic (exact) mass is 471 g/mol. The van der Waals surface area contributed by atoms with Gasteiger partial charge in [-0.2, -0.15) is 0 Å². The molecule has 1 amide bonds. The van der Waals surface area contributed by atoms with Crippen LogP contribution in [-0.2, 0) is 18.4 Å². The summed E-state index contributed by atoms with van der Waals surface area (Å²) in [6.07, 6.45) is 1.86. The van der Waals surface area contributed by atoms with Crippen molar-refractivity contribution in [1.29, 1.82) is 0 Å². The Morgan fingerprint density at radius 1 is 1.03 bits per heavy atom. The van der Waals surface area contributed by atoms with Gasteiger partial charge in [0.05, 0.1) is 12.1 Å². The summed E-state index contributed by atoms with van der Waals surface area (Å²) in [4.78, 5) is 15.5. The number of carbonyl (C=O) groups excluding carboxylic acids is 1. The molecule has 0 radical (unpaired) electrons. The number of aliphatic hydroxyl groups is 1. The molecule has 0 spiro atoms. The first kappa shape index (κ1) is 25.0. The van der Waals surface area contributed by atoms with Gasteiger partial charge in [0.15, 0.2) is 0 Å². The fraction of sp³-hybridized carbons (Fsp3) is 0.367. The summed E-state index contributed by atoms with van der Waals surface area (Å²) >= 11 is 0. The normalized spacial score (nSPS) is 15.3. The highest BCUT2D eigenvalue weighted by Gasteiger charge is 2.27. The minimum atomic E-state index is -0.758. The summed E-state index contributed by atoms with van der Waals surface area (Å²) in [5, 5.41) is 17.8. The van der Waals surface area contributed by atoms with Gasteiger partial charge in [0, 0.05) is 36.9 Å². The van der Waals surface area contributed by atoms with Crippen molar-refractivity contribution in [3.63, 3.8) is 0 Å². The van der Waals surface area contributed by atoms with E-state index >= 15 is 0 Å². The van der Waals surface area contributed by atoms with Crippen LogP contribution in [0, 0.1) is 0 Å². The van der Waals surface area contributed by atoms with Gasteiger partial charge >= 0.3 is 0 Å². The molecule has 2 atom stereocenters. The summed E-state index contributed by atoms with van der Waals surface area (Å²) in [6.45, 7) is 5.60. The van der Waals surface area contributed by atoms with Gasteiger partial charge in [0.25, 0.3) is 5.91 Å². The molecule has 184 valence electrons. The fourth-order valence-electron chi connectivity index (χ4n) is 4.79. The molecule has 0 bridgehead atoms. The average molecular weight is 472 g/mol. The fourth-order valence-corrected chi connectivity index (χ4v) is 4.79. The molecular weight excluding hydrogens is 434 g/mol. The Morgan fingerprint density at radius 3 is 2.43 bits per heavy atom. The van der Waals surface area contributed by atoms with Crippen molar-refractivity contribution >= 4 is 11.6 Å². The molecule has 35 heavy (non-hydrogen) atoms. The van der Waals surface area contributed by atoms with E-state index in [1.54, 1.807) is 0 Å². The number of hydrogen-bond acceptors (Lipinski definition) is 4. The Morgan fingerprint density at radius 2 is 1.71 bits per heavy atom. The van der Waals surface area contributed by atoms with Crippen LogP contribution < -0.4 is 15.5 Å². The Kier molecular flexibility index (Phi) is 7.89. The van der Waals surface area contributed by atoms with Crippen molar-refractivity contribution in [3.8, 4) is 0 Å². The van der Waals surface area contributed by atoms with Crippen molar-refractivity contribution < 1.29 is 9.90 Å². The van der Waals surface area contributed by atoms with Crippen molar-refractivity contribution in [2.24, 2.45) is 0 Å². The maximum Gasteiger partial charge on any atom is 0.251 e. The predicted octanol–water partition coefficient (Wildman–Crippen LogP) is 4.30. The molecule has 3 aromatic carbocycles. The maximum atomic E-state index is 13.3. The number of nitrogens with one attached hydrogen (secondary N) is 2. The van der Waals surface area contributed by atoms with Crippen LogP contribution in [0.4, 0.5) is 5.69 Å². The lowest BCUT2D eigenvalue weighted by Gasteiger charge is -2.31. The second-order valence-electron chi connectivity index (χ2n) is 10.1. The largest absolute Gasteiger partial charge is 0.390 e. The van der Waals surface area contributed by atoms with Crippen molar-refractivity contribution in [3.05, 3.63) is 101 Å². The van der Waals surface area contributed by atoms with Gasteiger partial charge in [0.2, 0.25) is 0 Å². The quantitative estimate of drug-likeness (QED) is 0.436. The summed E-state index contributed by atoms with van der Waals surface area (Å²) in [6, 6.07) is 25.7. The molecule has 4 rings (SSSR count). The number of anilines is 1. The molecule has 3 aromatic rings. The topological polar surface area (TPSA) is 64.6 Å². The van der Waals surface area contributed by atoms with E-state index in [1.165, 1.54) is 11.3 Å². The van der Waals surface area contributed by atoms with Crippen LogP contribution >= 0.6 is 0 Å². The van der Waals surface area contributed by atoms with Crippen molar-refractivity contribution in [2.45, 2.75) is 50.8 Å². The molecule has 0 unspecified atom stereocenters. The molecular formula is C30H37N3O2. The Balaban J connectivity index is 1.48. The van der Waals surface area contributed by atoms with Gasteiger partial charge in [-0.1, -0.05) is 60.7 Å². The summed E-state index contributed by atoms with van der Waals surface area (Å²) < 4.78 is 0. The Labute approximate surface area is 209 Å². The van der Waals surface area contributed by atoms with E-state index < -0.39 is 12.1 Å². The van der Waals surface area contributed by atoms with Crippen molar-refractivity contribution in [2.75, 3.05) is 25.0 Å².